The number of rotatable bonds is 45. The quantitative estimate of drug-likeness (QED) is 0.0348. The number of hydrogen-bond acceptors (Lipinski definition) is 5. The van der Waals surface area contributed by atoms with Gasteiger partial charge < -0.3 is 14.2 Å². The van der Waals surface area contributed by atoms with Gasteiger partial charge in [0.1, 0.15) is 6.61 Å². The molecule has 5 nitrogen and oxygen atoms in total. The molecule has 0 aliphatic rings. The number of ether oxygens (including phenoxy) is 3. The van der Waals surface area contributed by atoms with Gasteiger partial charge in [0.25, 0.3) is 0 Å². The van der Waals surface area contributed by atoms with Crippen LogP contribution in [0.3, 0.4) is 0 Å². The van der Waals surface area contributed by atoms with Crippen LogP contribution in [0.5, 0.6) is 0 Å². The van der Waals surface area contributed by atoms with Crippen molar-refractivity contribution in [3.05, 3.63) is 60.8 Å². The van der Waals surface area contributed by atoms with Crippen LogP contribution >= 0.6 is 0 Å². The number of carbonyl (C=O) groups is 2. The fourth-order valence-electron chi connectivity index (χ4n) is 6.85. The first kappa shape index (κ1) is 55.6. The maximum Gasteiger partial charge on any atom is 0.306 e. The first-order valence-corrected chi connectivity index (χ1v) is 24.8. The number of esters is 2. The van der Waals surface area contributed by atoms with E-state index in [-0.39, 0.29) is 25.2 Å². The lowest BCUT2D eigenvalue weighted by molar-refractivity contribution is -0.163. The summed E-state index contributed by atoms with van der Waals surface area (Å²) in [6.07, 6.45) is 60.8. The highest BCUT2D eigenvalue weighted by Crippen LogP contribution is 2.13. The Hall–Kier alpha value is -2.40. The molecule has 336 valence electrons. The van der Waals surface area contributed by atoms with Gasteiger partial charge >= 0.3 is 11.9 Å². The molecule has 0 aliphatic heterocycles. The van der Waals surface area contributed by atoms with Gasteiger partial charge in [-0.05, 0) is 83.5 Å². The van der Waals surface area contributed by atoms with Gasteiger partial charge in [0.05, 0.1) is 6.61 Å². The van der Waals surface area contributed by atoms with Crippen molar-refractivity contribution in [1.29, 1.82) is 0 Å². The Bertz CT molecular complexity index is 1010. The SMILES string of the molecule is CC/C=C\C/C=C\C/C=C\C/C=C\CCCCCCC(=O)OCC(COCCCCCCCCCCCC)OC(=O)CCCCCCC/C=C\CCCCCCCC. The molecule has 5 heteroatoms. The van der Waals surface area contributed by atoms with Crippen molar-refractivity contribution < 1.29 is 23.8 Å². The van der Waals surface area contributed by atoms with E-state index in [1.165, 1.54) is 109 Å². The Morgan fingerprint density at radius 1 is 0.397 bits per heavy atom. The summed E-state index contributed by atoms with van der Waals surface area (Å²) in [5, 5.41) is 0. The highest BCUT2D eigenvalue weighted by atomic mass is 16.6. The number of allylic oxidation sites excluding steroid dienone is 10. The molecule has 0 heterocycles. The van der Waals surface area contributed by atoms with Crippen LogP contribution in [0.2, 0.25) is 0 Å². The third-order valence-electron chi connectivity index (χ3n) is 10.5. The van der Waals surface area contributed by atoms with E-state index in [2.05, 4.69) is 81.5 Å². The van der Waals surface area contributed by atoms with Gasteiger partial charge in [0.15, 0.2) is 6.10 Å². The van der Waals surface area contributed by atoms with Gasteiger partial charge in [-0.25, -0.2) is 0 Å². The molecule has 0 aromatic heterocycles. The zero-order valence-electron chi connectivity index (χ0n) is 38.6. The Morgan fingerprint density at radius 2 is 0.776 bits per heavy atom. The summed E-state index contributed by atoms with van der Waals surface area (Å²) in [5.41, 5.74) is 0. The molecule has 0 radical (unpaired) electrons. The van der Waals surface area contributed by atoms with Crippen LogP contribution in [0.1, 0.15) is 239 Å². The van der Waals surface area contributed by atoms with Crippen LogP contribution in [0, 0.1) is 0 Å². The van der Waals surface area contributed by atoms with Crippen molar-refractivity contribution in [1.82, 2.24) is 0 Å². The maximum absolute atomic E-state index is 12.8. The molecule has 0 aromatic rings. The maximum atomic E-state index is 12.8. The van der Waals surface area contributed by atoms with E-state index >= 15 is 0 Å². The Morgan fingerprint density at radius 3 is 1.26 bits per heavy atom. The molecule has 0 aliphatic carbocycles. The number of unbranched alkanes of at least 4 members (excludes halogenated alkanes) is 24. The van der Waals surface area contributed by atoms with Crippen molar-refractivity contribution in [2.75, 3.05) is 19.8 Å². The zero-order valence-corrected chi connectivity index (χ0v) is 38.6. The van der Waals surface area contributed by atoms with Crippen LogP contribution in [0.25, 0.3) is 0 Å². The highest BCUT2D eigenvalue weighted by molar-refractivity contribution is 5.70. The molecule has 1 unspecified atom stereocenters. The van der Waals surface area contributed by atoms with Gasteiger partial charge in [-0.15, -0.1) is 0 Å². The highest BCUT2D eigenvalue weighted by Gasteiger charge is 2.17. The largest absolute Gasteiger partial charge is 0.462 e. The molecule has 0 amide bonds. The summed E-state index contributed by atoms with van der Waals surface area (Å²) in [6.45, 7) is 7.69. The molecule has 58 heavy (non-hydrogen) atoms. The lowest BCUT2D eigenvalue weighted by Gasteiger charge is -2.18. The zero-order chi connectivity index (χ0) is 42.1. The first-order valence-electron chi connectivity index (χ1n) is 24.8. The molecule has 0 aromatic carbocycles. The summed E-state index contributed by atoms with van der Waals surface area (Å²) in [6, 6.07) is 0. The van der Waals surface area contributed by atoms with E-state index in [0.717, 1.165) is 96.3 Å². The second-order valence-electron chi connectivity index (χ2n) is 16.3. The van der Waals surface area contributed by atoms with Crippen molar-refractivity contribution >= 4 is 11.9 Å². The van der Waals surface area contributed by atoms with Crippen molar-refractivity contribution in [2.24, 2.45) is 0 Å². The molecule has 0 bridgehead atoms. The molecule has 0 fully saturated rings. The lowest BCUT2D eigenvalue weighted by atomic mass is 10.1. The number of hydrogen-bond donors (Lipinski definition) is 0. The standard InChI is InChI=1S/C53H94O5/c1-4-7-10-13-16-19-22-24-26-27-29-30-32-34-37-40-43-46-52(54)57-50-51(49-56-48-45-42-39-36-21-18-15-12-9-6-3)58-53(55)47-44-41-38-35-33-31-28-25-23-20-17-14-11-8-5-2/h7,10,16,19,24-26,28-30,51H,4-6,8-9,11-15,17-18,20-23,27,31-50H2,1-3H3/b10-7-,19-16-,26-24-,28-25-,30-29-. The molecule has 0 rings (SSSR count). The van der Waals surface area contributed by atoms with Gasteiger partial charge in [-0.1, -0.05) is 204 Å². The molecular formula is C53H94O5. The third kappa shape index (κ3) is 46.3. The van der Waals surface area contributed by atoms with E-state index in [1.807, 2.05) is 0 Å². The van der Waals surface area contributed by atoms with Gasteiger partial charge in [-0.3, -0.25) is 9.59 Å². The molecule has 0 saturated heterocycles. The summed E-state index contributed by atoms with van der Waals surface area (Å²) in [7, 11) is 0. The molecule has 1 atom stereocenters. The van der Waals surface area contributed by atoms with Crippen molar-refractivity contribution in [3.8, 4) is 0 Å². The van der Waals surface area contributed by atoms with E-state index in [1.54, 1.807) is 0 Å². The minimum Gasteiger partial charge on any atom is -0.462 e. The number of carbonyl (C=O) groups excluding carboxylic acids is 2. The first-order chi connectivity index (χ1) is 28.6. The van der Waals surface area contributed by atoms with Crippen LogP contribution in [0.4, 0.5) is 0 Å². The normalized spacial score (nSPS) is 12.7. The summed E-state index contributed by atoms with van der Waals surface area (Å²) >= 11 is 0. The third-order valence-corrected chi connectivity index (χ3v) is 10.5. The van der Waals surface area contributed by atoms with Crippen LogP contribution < -0.4 is 0 Å². The molecular weight excluding hydrogens is 717 g/mol. The smallest absolute Gasteiger partial charge is 0.306 e. The topological polar surface area (TPSA) is 61.8 Å². The molecule has 0 spiro atoms. The molecule has 0 saturated carbocycles. The minimum atomic E-state index is -0.547. The van der Waals surface area contributed by atoms with Gasteiger partial charge in [0, 0.05) is 19.4 Å². The Balaban J connectivity index is 4.28. The van der Waals surface area contributed by atoms with E-state index in [4.69, 9.17) is 14.2 Å². The molecule has 0 N–H and O–H groups in total. The van der Waals surface area contributed by atoms with Crippen molar-refractivity contribution in [3.63, 3.8) is 0 Å². The lowest BCUT2D eigenvalue weighted by Crippen LogP contribution is -2.30. The van der Waals surface area contributed by atoms with Crippen LogP contribution in [-0.2, 0) is 23.8 Å². The Labute approximate surface area is 360 Å². The van der Waals surface area contributed by atoms with Crippen LogP contribution in [0.15, 0.2) is 60.8 Å². The predicted molar refractivity (Wildman–Crippen MR) is 251 cm³/mol. The summed E-state index contributed by atoms with van der Waals surface area (Å²) in [4.78, 5) is 25.3. The fourth-order valence-corrected chi connectivity index (χ4v) is 6.85. The fraction of sp³-hybridized carbons (Fsp3) is 0.774. The van der Waals surface area contributed by atoms with Gasteiger partial charge in [-0.2, -0.15) is 0 Å². The van der Waals surface area contributed by atoms with E-state index < -0.39 is 6.10 Å². The van der Waals surface area contributed by atoms with E-state index in [9.17, 15) is 9.59 Å². The second-order valence-corrected chi connectivity index (χ2v) is 16.3. The Kier molecular flexibility index (Phi) is 46.9. The predicted octanol–water partition coefficient (Wildman–Crippen LogP) is 16.6. The average Bonchev–Trinajstić information content (AvgIpc) is 3.22. The summed E-state index contributed by atoms with van der Waals surface area (Å²) < 4.78 is 17.3. The monoisotopic (exact) mass is 811 g/mol. The summed E-state index contributed by atoms with van der Waals surface area (Å²) in [5.74, 6) is -0.429. The van der Waals surface area contributed by atoms with Crippen LogP contribution in [-0.4, -0.2) is 37.9 Å². The van der Waals surface area contributed by atoms with Crippen molar-refractivity contribution in [2.45, 2.75) is 245 Å². The van der Waals surface area contributed by atoms with E-state index in [0.29, 0.717) is 19.4 Å². The average molecular weight is 811 g/mol. The second kappa shape index (κ2) is 49.0. The van der Waals surface area contributed by atoms with Gasteiger partial charge in [0.2, 0.25) is 0 Å². The minimum absolute atomic E-state index is 0.0702.